The Labute approximate surface area is 74.6 Å². The summed E-state index contributed by atoms with van der Waals surface area (Å²) >= 11 is 0. The fraction of sp³-hybridized carbons (Fsp3) is 0.700. The maximum atomic E-state index is 10.9. The van der Waals surface area contributed by atoms with Crippen molar-refractivity contribution in [2.75, 3.05) is 0 Å². The first-order valence-corrected chi connectivity index (χ1v) is 4.42. The number of carbonyl (C=O) groups excluding carboxylic acids is 1. The van der Waals surface area contributed by atoms with Crippen LogP contribution in [0.2, 0.25) is 0 Å². The maximum absolute atomic E-state index is 10.9. The van der Waals surface area contributed by atoms with Gasteiger partial charge in [0.1, 0.15) is 6.10 Å². The van der Waals surface area contributed by atoms with E-state index in [9.17, 15) is 4.79 Å². The van der Waals surface area contributed by atoms with E-state index < -0.39 is 0 Å². The Hall–Kier alpha value is -0.790. The number of hydrogen-bond acceptors (Lipinski definition) is 2. The topological polar surface area (TPSA) is 26.3 Å². The Bertz CT molecular complexity index is 150. The molecule has 0 heterocycles. The normalized spacial score (nSPS) is 12.7. The van der Waals surface area contributed by atoms with Crippen LogP contribution in [0.15, 0.2) is 12.7 Å². The zero-order valence-corrected chi connectivity index (χ0v) is 8.17. The van der Waals surface area contributed by atoms with Crippen LogP contribution in [0, 0.1) is 5.92 Å². The van der Waals surface area contributed by atoms with E-state index >= 15 is 0 Å². The van der Waals surface area contributed by atoms with Gasteiger partial charge >= 0.3 is 5.97 Å². The van der Waals surface area contributed by atoms with Gasteiger partial charge in [-0.1, -0.05) is 33.4 Å². The van der Waals surface area contributed by atoms with Crippen LogP contribution in [0.25, 0.3) is 0 Å². The predicted octanol–water partition coefficient (Wildman–Crippen LogP) is 2.54. The van der Waals surface area contributed by atoms with Gasteiger partial charge in [0, 0.05) is 6.42 Å². The second-order valence-corrected chi connectivity index (χ2v) is 3.25. The molecular weight excluding hydrogens is 152 g/mol. The Morgan fingerprint density at radius 1 is 1.58 bits per heavy atom. The molecule has 0 fully saturated rings. The van der Waals surface area contributed by atoms with Crippen molar-refractivity contribution in [3.8, 4) is 0 Å². The quantitative estimate of drug-likeness (QED) is 0.468. The molecule has 1 unspecified atom stereocenters. The molecule has 1 atom stereocenters. The maximum Gasteiger partial charge on any atom is 0.306 e. The molecule has 0 radical (unpaired) electrons. The van der Waals surface area contributed by atoms with Crippen molar-refractivity contribution in [2.45, 2.75) is 39.7 Å². The summed E-state index contributed by atoms with van der Waals surface area (Å²) < 4.78 is 5.10. The highest BCUT2D eigenvalue weighted by atomic mass is 16.5. The van der Waals surface area contributed by atoms with Gasteiger partial charge in [-0.2, -0.15) is 0 Å². The lowest BCUT2D eigenvalue weighted by Gasteiger charge is -2.15. The standard InChI is InChI=1S/C10H18O2/c1-5-9(7-8(3)4)12-10(11)6-2/h5,8-9H,1,6-7H2,2-4H3. The van der Waals surface area contributed by atoms with E-state index in [4.69, 9.17) is 4.74 Å². The van der Waals surface area contributed by atoms with Crippen molar-refractivity contribution in [3.05, 3.63) is 12.7 Å². The van der Waals surface area contributed by atoms with Crippen molar-refractivity contribution >= 4 is 5.97 Å². The summed E-state index contributed by atoms with van der Waals surface area (Å²) in [5, 5.41) is 0. The van der Waals surface area contributed by atoms with Gasteiger partial charge in [-0.3, -0.25) is 4.79 Å². The van der Waals surface area contributed by atoms with Crippen LogP contribution in [-0.2, 0) is 9.53 Å². The third-order valence-electron chi connectivity index (χ3n) is 1.54. The largest absolute Gasteiger partial charge is 0.458 e. The second-order valence-electron chi connectivity index (χ2n) is 3.25. The molecule has 0 aromatic rings. The second kappa shape index (κ2) is 5.81. The minimum absolute atomic E-state index is 0.113. The fourth-order valence-corrected chi connectivity index (χ4v) is 0.909. The van der Waals surface area contributed by atoms with Crippen LogP contribution >= 0.6 is 0 Å². The van der Waals surface area contributed by atoms with Crippen LogP contribution in [-0.4, -0.2) is 12.1 Å². The molecule has 0 aliphatic rings. The molecule has 0 aromatic heterocycles. The van der Waals surface area contributed by atoms with Gasteiger partial charge in [0.15, 0.2) is 0 Å². The zero-order chi connectivity index (χ0) is 9.56. The van der Waals surface area contributed by atoms with Crippen LogP contribution in [0.3, 0.4) is 0 Å². The minimum atomic E-state index is -0.152. The molecule has 12 heavy (non-hydrogen) atoms. The highest BCUT2D eigenvalue weighted by Crippen LogP contribution is 2.09. The number of ether oxygens (including phenoxy) is 1. The SMILES string of the molecule is C=CC(CC(C)C)OC(=O)CC. The van der Waals surface area contributed by atoms with Gasteiger partial charge in [-0.05, 0) is 12.3 Å². The average Bonchev–Trinajstić information content (AvgIpc) is 2.02. The Kier molecular flexibility index (Phi) is 5.43. The van der Waals surface area contributed by atoms with E-state index in [2.05, 4.69) is 20.4 Å². The summed E-state index contributed by atoms with van der Waals surface area (Å²) in [6.45, 7) is 9.60. The molecule has 2 heteroatoms. The first-order valence-electron chi connectivity index (χ1n) is 4.42. The summed E-state index contributed by atoms with van der Waals surface area (Å²) in [4.78, 5) is 10.9. The predicted molar refractivity (Wildman–Crippen MR) is 49.8 cm³/mol. The highest BCUT2D eigenvalue weighted by Gasteiger charge is 2.10. The number of rotatable bonds is 5. The summed E-state index contributed by atoms with van der Waals surface area (Å²) in [7, 11) is 0. The Balaban J connectivity index is 3.82. The van der Waals surface area contributed by atoms with Crippen molar-refractivity contribution in [2.24, 2.45) is 5.92 Å². The van der Waals surface area contributed by atoms with Crippen LogP contribution < -0.4 is 0 Å². The van der Waals surface area contributed by atoms with Crippen molar-refractivity contribution in [3.63, 3.8) is 0 Å². The molecule has 0 aliphatic heterocycles. The molecule has 0 bridgehead atoms. The van der Waals surface area contributed by atoms with Crippen LogP contribution in [0.1, 0.15) is 33.6 Å². The first-order chi connectivity index (χ1) is 5.60. The lowest BCUT2D eigenvalue weighted by Crippen LogP contribution is -2.16. The van der Waals surface area contributed by atoms with E-state index in [1.807, 2.05) is 0 Å². The Morgan fingerprint density at radius 2 is 2.17 bits per heavy atom. The summed E-state index contributed by atoms with van der Waals surface area (Å²) in [6, 6.07) is 0. The molecule has 0 aromatic carbocycles. The molecule has 0 N–H and O–H groups in total. The van der Waals surface area contributed by atoms with E-state index in [0.29, 0.717) is 12.3 Å². The third-order valence-corrected chi connectivity index (χ3v) is 1.54. The zero-order valence-electron chi connectivity index (χ0n) is 8.17. The van der Waals surface area contributed by atoms with E-state index in [-0.39, 0.29) is 12.1 Å². The van der Waals surface area contributed by atoms with Crippen LogP contribution in [0.4, 0.5) is 0 Å². The summed E-state index contributed by atoms with van der Waals surface area (Å²) in [5.74, 6) is 0.373. The number of carbonyl (C=O) groups is 1. The van der Waals surface area contributed by atoms with Gasteiger partial charge in [-0.15, -0.1) is 0 Å². The summed E-state index contributed by atoms with van der Waals surface area (Å²) in [6.07, 6.45) is 2.86. The van der Waals surface area contributed by atoms with Crippen molar-refractivity contribution < 1.29 is 9.53 Å². The minimum Gasteiger partial charge on any atom is -0.458 e. The van der Waals surface area contributed by atoms with Crippen LogP contribution in [0.5, 0.6) is 0 Å². The lowest BCUT2D eigenvalue weighted by molar-refractivity contribution is -0.147. The third kappa shape index (κ3) is 4.94. The van der Waals surface area contributed by atoms with Gasteiger partial charge < -0.3 is 4.74 Å². The molecule has 2 nitrogen and oxygen atoms in total. The average molecular weight is 170 g/mol. The lowest BCUT2D eigenvalue weighted by atomic mass is 10.1. The van der Waals surface area contributed by atoms with Crippen molar-refractivity contribution in [1.29, 1.82) is 0 Å². The van der Waals surface area contributed by atoms with Gasteiger partial charge in [-0.25, -0.2) is 0 Å². The highest BCUT2D eigenvalue weighted by molar-refractivity contribution is 5.69. The smallest absolute Gasteiger partial charge is 0.306 e. The molecule has 0 rings (SSSR count). The monoisotopic (exact) mass is 170 g/mol. The van der Waals surface area contributed by atoms with Gasteiger partial charge in [0.25, 0.3) is 0 Å². The molecule has 0 saturated carbocycles. The van der Waals surface area contributed by atoms with Crippen molar-refractivity contribution in [1.82, 2.24) is 0 Å². The van der Waals surface area contributed by atoms with Gasteiger partial charge in [0.05, 0.1) is 0 Å². The molecule has 0 amide bonds. The molecular formula is C10H18O2. The van der Waals surface area contributed by atoms with E-state index in [0.717, 1.165) is 6.42 Å². The number of hydrogen-bond donors (Lipinski definition) is 0. The van der Waals surface area contributed by atoms with Gasteiger partial charge in [0.2, 0.25) is 0 Å². The first kappa shape index (κ1) is 11.2. The van der Waals surface area contributed by atoms with E-state index in [1.165, 1.54) is 0 Å². The number of esters is 1. The molecule has 70 valence electrons. The summed E-state index contributed by atoms with van der Waals surface area (Å²) in [5.41, 5.74) is 0. The fourth-order valence-electron chi connectivity index (χ4n) is 0.909. The molecule has 0 saturated heterocycles. The Morgan fingerprint density at radius 3 is 2.50 bits per heavy atom. The molecule has 0 aliphatic carbocycles. The molecule has 0 spiro atoms. The van der Waals surface area contributed by atoms with E-state index in [1.54, 1.807) is 13.0 Å².